The molecule has 0 amide bonds. The fourth-order valence-electron chi connectivity index (χ4n) is 2.26. The summed E-state index contributed by atoms with van der Waals surface area (Å²) in [4.78, 5) is 0.358. The second kappa shape index (κ2) is 5.61. The number of halogens is 2. The smallest absolute Gasteiger partial charge is 0.207 e. The van der Waals surface area contributed by atoms with Crippen LogP contribution in [-0.2, 0) is 10.0 Å². The number of hydrogen-bond donors (Lipinski definition) is 0. The lowest BCUT2D eigenvalue weighted by Gasteiger charge is -2.24. The Morgan fingerprint density at radius 1 is 1.44 bits per heavy atom. The SMILES string of the molecule is CC1CCN(S(=O)(=O)c2cccc(Br)c2)C1CBr. The Bertz CT molecular complexity index is 533. The van der Waals surface area contributed by atoms with E-state index in [-0.39, 0.29) is 6.04 Å². The fourth-order valence-corrected chi connectivity index (χ4v) is 5.78. The highest BCUT2D eigenvalue weighted by atomic mass is 79.9. The van der Waals surface area contributed by atoms with Crippen molar-refractivity contribution in [2.75, 3.05) is 11.9 Å². The van der Waals surface area contributed by atoms with Crippen molar-refractivity contribution in [3.8, 4) is 0 Å². The van der Waals surface area contributed by atoms with E-state index in [9.17, 15) is 8.42 Å². The first-order valence-corrected chi connectivity index (χ1v) is 9.15. The molecule has 0 saturated carbocycles. The number of rotatable bonds is 3. The van der Waals surface area contributed by atoms with E-state index < -0.39 is 10.0 Å². The summed E-state index contributed by atoms with van der Waals surface area (Å²) in [6.07, 6.45) is 0.920. The minimum Gasteiger partial charge on any atom is -0.207 e. The lowest BCUT2D eigenvalue weighted by Crippen LogP contribution is -2.38. The van der Waals surface area contributed by atoms with Crippen LogP contribution >= 0.6 is 31.9 Å². The van der Waals surface area contributed by atoms with Crippen LogP contribution in [0.1, 0.15) is 13.3 Å². The molecule has 0 bridgehead atoms. The highest BCUT2D eigenvalue weighted by molar-refractivity contribution is 9.10. The van der Waals surface area contributed by atoms with Crippen LogP contribution in [0.25, 0.3) is 0 Å². The maximum absolute atomic E-state index is 12.6. The number of nitrogens with zero attached hydrogens (tertiary/aromatic N) is 1. The summed E-state index contributed by atoms with van der Waals surface area (Å²) in [7, 11) is -3.38. The fraction of sp³-hybridized carbons (Fsp3) is 0.500. The monoisotopic (exact) mass is 395 g/mol. The first-order valence-electron chi connectivity index (χ1n) is 5.80. The molecule has 0 aromatic heterocycles. The summed E-state index contributed by atoms with van der Waals surface area (Å²) < 4.78 is 27.6. The predicted octanol–water partition coefficient (Wildman–Crippen LogP) is 3.24. The molecule has 1 fully saturated rings. The summed E-state index contributed by atoms with van der Waals surface area (Å²) >= 11 is 6.74. The highest BCUT2D eigenvalue weighted by Crippen LogP contribution is 2.31. The quantitative estimate of drug-likeness (QED) is 0.735. The normalized spacial score (nSPS) is 25.5. The van der Waals surface area contributed by atoms with Gasteiger partial charge in [-0.3, -0.25) is 0 Å². The lowest BCUT2D eigenvalue weighted by molar-refractivity contribution is 0.378. The molecule has 18 heavy (non-hydrogen) atoms. The Balaban J connectivity index is 2.37. The minimum absolute atomic E-state index is 0.0500. The second-order valence-electron chi connectivity index (χ2n) is 4.56. The summed E-state index contributed by atoms with van der Waals surface area (Å²) in [6, 6.07) is 6.93. The predicted molar refractivity (Wildman–Crippen MR) is 79.4 cm³/mol. The Labute approximate surface area is 125 Å². The minimum atomic E-state index is -3.38. The molecule has 2 rings (SSSR count). The maximum atomic E-state index is 12.6. The summed E-state index contributed by atoms with van der Waals surface area (Å²) in [5.74, 6) is 0.395. The molecule has 1 aliphatic heterocycles. The van der Waals surface area contributed by atoms with Crippen molar-refractivity contribution in [3.05, 3.63) is 28.7 Å². The van der Waals surface area contributed by atoms with E-state index in [4.69, 9.17) is 0 Å². The molecule has 1 aromatic rings. The zero-order valence-electron chi connectivity index (χ0n) is 10.0. The molecule has 3 nitrogen and oxygen atoms in total. The molecule has 2 unspecified atom stereocenters. The molecule has 100 valence electrons. The van der Waals surface area contributed by atoms with Crippen LogP contribution in [0.5, 0.6) is 0 Å². The third kappa shape index (κ3) is 2.66. The summed E-state index contributed by atoms with van der Waals surface area (Å²) in [5.41, 5.74) is 0. The molecule has 0 aliphatic carbocycles. The van der Waals surface area contributed by atoms with Crippen molar-refractivity contribution in [3.63, 3.8) is 0 Å². The average Bonchev–Trinajstić information content (AvgIpc) is 2.71. The van der Waals surface area contributed by atoms with Gasteiger partial charge in [0.2, 0.25) is 10.0 Å². The molecular weight excluding hydrogens is 382 g/mol. The van der Waals surface area contributed by atoms with Crippen molar-refractivity contribution in [2.45, 2.75) is 24.3 Å². The van der Waals surface area contributed by atoms with Gasteiger partial charge in [0, 0.05) is 22.4 Å². The second-order valence-corrected chi connectivity index (χ2v) is 8.01. The van der Waals surface area contributed by atoms with Crippen LogP contribution in [0.3, 0.4) is 0 Å². The van der Waals surface area contributed by atoms with E-state index in [1.54, 1.807) is 22.5 Å². The van der Waals surface area contributed by atoms with Gasteiger partial charge in [-0.15, -0.1) is 0 Å². The maximum Gasteiger partial charge on any atom is 0.243 e. The van der Waals surface area contributed by atoms with Crippen LogP contribution in [0, 0.1) is 5.92 Å². The van der Waals surface area contributed by atoms with Crippen LogP contribution < -0.4 is 0 Å². The number of benzene rings is 1. The molecule has 1 heterocycles. The Kier molecular flexibility index (Phi) is 4.52. The van der Waals surface area contributed by atoms with Gasteiger partial charge in [-0.2, -0.15) is 4.31 Å². The molecule has 1 aliphatic rings. The Hall–Kier alpha value is 0.0900. The van der Waals surface area contributed by atoms with Gasteiger partial charge in [0.25, 0.3) is 0 Å². The van der Waals surface area contributed by atoms with Crippen molar-refractivity contribution < 1.29 is 8.42 Å². The topological polar surface area (TPSA) is 37.4 Å². The van der Waals surface area contributed by atoms with E-state index >= 15 is 0 Å². The molecule has 1 saturated heterocycles. The van der Waals surface area contributed by atoms with Crippen LogP contribution in [0.2, 0.25) is 0 Å². The van der Waals surface area contributed by atoms with Gasteiger partial charge >= 0.3 is 0 Å². The lowest BCUT2D eigenvalue weighted by atomic mass is 10.1. The van der Waals surface area contributed by atoms with Gasteiger partial charge in [-0.25, -0.2) is 8.42 Å². The first-order chi connectivity index (χ1) is 8.46. The average molecular weight is 397 g/mol. The van der Waals surface area contributed by atoms with E-state index in [0.29, 0.717) is 22.7 Å². The van der Waals surface area contributed by atoms with Gasteiger partial charge in [0.05, 0.1) is 4.90 Å². The van der Waals surface area contributed by atoms with Gasteiger partial charge < -0.3 is 0 Å². The summed E-state index contributed by atoms with van der Waals surface area (Å²) in [6.45, 7) is 2.70. The van der Waals surface area contributed by atoms with Crippen LogP contribution in [-0.4, -0.2) is 30.6 Å². The Morgan fingerprint density at radius 3 is 2.78 bits per heavy atom. The Morgan fingerprint density at radius 2 is 2.17 bits per heavy atom. The van der Waals surface area contributed by atoms with Crippen molar-refractivity contribution in [2.24, 2.45) is 5.92 Å². The molecule has 6 heteroatoms. The van der Waals surface area contributed by atoms with Gasteiger partial charge in [0.1, 0.15) is 0 Å². The van der Waals surface area contributed by atoms with E-state index in [2.05, 4.69) is 38.8 Å². The van der Waals surface area contributed by atoms with Crippen molar-refractivity contribution >= 4 is 41.9 Å². The number of sulfonamides is 1. The standard InChI is InChI=1S/C12H15Br2NO2S/c1-9-5-6-15(12(9)8-13)18(16,17)11-4-2-3-10(14)7-11/h2-4,7,9,12H,5-6,8H2,1H3. The van der Waals surface area contributed by atoms with Crippen LogP contribution in [0.4, 0.5) is 0 Å². The first kappa shape index (κ1) is 14.5. The van der Waals surface area contributed by atoms with E-state index in [0.717, 1.165) is 10.9 Å². The van der Waals surface area contributed by atoms with E-state index in [1.165, 1.54) is 0 Å². The molecule has 1 aromatic carbocycles. The van der Waals surface area contributed by atoms with Gasteiger partial charge in [-0.05, 0) is 30.5 Å². The number of hydrogen-bond acceptors (Lipinski definition) is 2. The zero-order chi connectivity index (χ0) is 13.3. The summed E-state index contributed by atoms with van der Waals surface area (Å²) in [5, 5.41) is 0.682. The van der Waals surface area contributed by atoms with Crippen molar-refractivity contribution in [1.82, 2.24) is 4.31 Å². The van der Waals surface area contributed by atoms with Crippen LogP contribution in [0.15, 0.2) is 33.6 Å². The molecule has 0 N–H and O–H groups in total. The largest absolute Gasteiger partial charge is 0.243 e. The highest BCUT2D eigenvalue weighted by Gasteiger charge is 2.38. The van der Waals surface area contributed by atoms with E-state index in [1.807, 2.05) is 6.07 Å². The third-order valence-electron chi connectivity index (χ3n) is 3.39. The molecule has 2 atom stereocenters. The molecule has 0 spiro atoms. The van der Waals surface area contributed by atoms with Gasteiger partial charge in [-0.1, -0.05) is 44.8 Å². The molecular formula is C12H15Br2NO2S. The molecule has 0 radical (unpaired) electrons. The van der Waals surface area contributed by atoms with Crippen molar-refractivity contribution in [1.29, 1.82) is 0 Å². The number of alkyl halides is 1. The zero-order valence-corrected chi connectivity index (χ0v) is 14.0. The third-order valence-corrected chi connectivity index (χ3v) is 6.47. The van der Waals surface area contributed by atoms with Gasteiger partial charge in [0.15, 0.2) is 0 Å².